The van der Waals surface area contributed by atoms with E-state index in [4.69, 9.17) is 10.5 Å². The Kier molecular flexibility index (Phi) is 3.45. The van der Waals surface area contributed by atoms with E-state index in [1.807, 2.05) is 37.3 Å². The van der Waals surface area contributed by atoms with E-state index in [2.05, 4.69) is 0 Å². The smallest absolute Gasteiger partial charge is 0.131 e. The van der Waals surface area contributed by atoms with E-state index in [0.717, 1.165) is 29.7 Å². The van der Waals surface area contributed by atoms with Crippen molar-refractivity contribution in [1.29, 1.82) is 0 Å². The van der Waals surface area contributed by atoms with Crippen molar-refractivity contribution < 1.29 is 9.13 Å². The molecular weight excluding hydrogens is 253 g/mol. The maximum absolute atomic E-state index is 14.0. The number of halogens is 1. The van der Waals surface area contributed by atoms with Gasteiger partial charge in [-0.25, -0.2) is 4.39 Å². The SMILES string of the molecule is CC(N)c1ccc(F)c(-c2ccc(OC3CC3)cc2)c1. The Labute approximate surface area is 118 Å². The van der Waals surface area contributed by atoms with Gasteiger partial charge in [0.15, 0.2) is 0 Å². The average Bonchev–Trinajstić information content (AvgIpc) is 3.24. The van der Waals surface area contributed by atoms with Crippen molar-refractivity contribution in [2.24, 2.45) is 5.73 Å². The van der Waals surface area contributed by atoms with Crippen LogP contribution in [0.4, 0.5) is 4.39 Å². The monoisotopic (exact) mass is 271 g/mol. The highest BCUT2D eigenvalue weighted by atomic mass is 19.1. The average molecular weight is 271 g/mol. The van der Waals surface area contributed by atoms with Crippen LogP contribution in [0.1, 0.15) is 31.4 Å². The van der Waals surface area contributed by atoms with Crippen LogP contribution >= 0.6 is 0 Å². The van der Waals surface area contributed by atoms with Crippen LogP contribution in [-0.4, -0.2) is 6.10 Å². The van der Waals surface area contributed by atoms with Gasteiger partial charge in [0.2, 0.25) is 0 Å². The number of nitrogens with two attached hydrogens (primary N) is 1. The Morgan fingerprint density at radius 3 is 2.45 bits per heavy atom. The van der Waals surface area contributed by atoms with E-state index in [9.17, 15) is 4.39 Å². The van der Waals surface area contributed by atoms with Crippen molar-refractivity contribution in [3.63, 3.8) is 0 Å². The van der Waals surface area contributed by atoms with Crippen molar-refractivity contribution in [1.82, 2.24) is 0 Å². The molecule has 1 saturated carbocycles. The first-order valence-corrected chi connectivity index (χ1v) is 6.95. The summed E-state index contributed by atoms with van der Waals surface area (Å²) in [6.45, 7) is 1.89. The van der Waals surface area contributed by atoms with E-state index in [1.54, 1.807) is 6.07 Å². The third-order valence-corrected chi connectivity index (χ3v) is 3.51. The van der Waals surface area contributed by atoms with Crippen LogP contribution in [0.2, 0.25) is 0 Å². The fourth-order valence-electron chi connectivity index (χ4n) is 2.14. The third kappa shape index (κ3) is 2.83. The molecule has 2 aromatic carbocycles. The predicted octanol–water partition coefficient (Wildman–Crippen LogP) is 4.05. The van der Waals surface area contributed by atoms with Crippen LogP contribution in [0.3, 0.4) is 0 Å². The second-order valence-corrected chi connectivity index (χ2v) is 5.37. The van der Waals surface area contributed by atoms with Crippen molar-refractivity contribution >= 4 is 0 Å². The first kappa shape index (κ1) is 13.1. The van der Waals surface area contributed by atoms with Crippen molar-refractivity contribution in [2.75, 3.05) is 0 Å². The van der Waals surface area contributed by atoms with Gasteiger partial charge in [0.1, 0.15) is 11.6 Å². The van der Waals surface area contributed by atoms with E-state index in [-0.39, 0.29) is 11.9 Å². The molecule has 20 heavy (non-hydrogen) atoms. The normalized spacial score (nSPS) is 15.9. The molecular formula is C17H18FNO. The second kappa shape index (κ2) is 5.25. The number of benzene rings is 2. The highest BCUT2D eigenvalue weighted by molar-refractivity contribution is 5.65. The molecule has 1 aliphatic rings. The first-order chi connectivity index (χ1) is 9.63. The summed E-state index contributed by atoms with van der Waals surface area (Å²) in [6.07, 6.45) is 2.64. The molecule has 0 spiro atoms. The third-order valence-electron chi connectivity index (χ3n) is 3.51. The molecule has 2 N–H and O–H groups in total. The van der Waals surface area contributed by atoms with Gasteiger partial charge < -0.3 is 10.5 Å². The number of rotatable bonds is 4. The lowest BCUT2D eigenvalue weighted by Gasteiger charge is -2.10. The topological polar surface area (TPSA) is 35.2 Å². The molecule has 1 fully saturated rings. The highest BCUT2D eigenvalue weighted by Gasteiger charge is 2.23. The molecule has 104 valence electrons. The van der Waals surface area contributed by atoms with E-state index in [0.29, 0.717) is 11.7 Å². The Morgan fingerprint density at radius 1 is 1.15 bits per heavy atom. The molecule has 1 aliphatic carbocycles. The fraction of sp³-hybridized carbons (Fsp3) is 0.294. The quantitative estimate of drug-likeness (QED) is 0.910. The Balaban J connectivity index is 1.89. The van der Waals surface area contributed by atoms with Gasteiger partial charge in [0.25, 0.3) is 0 Å². The molecule has 0 aromatic heterocycles. The standard InChI is InChI=1S/C17H18FNO/c1-11(19)13-4-9-17(18)16(10-13)12-2-5-14(6-3-12)20-15-7-8-15/h2-6,9-11,15H,7-8,19H2,1H3. The van der Waals surface area contributed by atoms with Gasteiger partial charge in [-0.05, 0) is 55.2 Å². The van der Waals surface area contributed by atoms with Gasteiger partial charge in [-0.15, -0.1) is 0 Å². The zero-order chi connectivity index (χ0) is 14.1. The lowest BCUT2D eigenvalue weighted by atomic mass is 10.00. The lowest BCUT2D eigenvalue weighted by Crippen LogP contribution is -2.05. The molecule has 0 bridgehead atoms. The van der Waals surface area contributed by atoms with E-state index in [1.165, 1.54) is 6.07 Å². The lowest BCUT2D eigenvalue weighted by molar-refractivity contribution is 0.303. The minimum atomic E-state index is -0.231. The molecule has 0 heterocycles. The molecule has 1 atom stereocenters. The van der Waals surface area contributed by atoms with Gasteiger partial charge in [-0.2, -0.15) is 0 Å². The summed E-state index contributed by atoms with van der Waals surface area (Å²) >= 11 is 0. The Bertz CT molecular complexity index is 603. The van der Waals surface area contributed by atoms with Crippen molar-refractivity contribution in [3.05, 3.63) is 53.8 Å². The highest BCUT2D eigenvalue weighted by Crippen LogP contribution is 2.30. The minimum absolute atomic E-state index is 0.105. The van der Waals surface area contributed by atoms with Crippen LogP contribution in [0.25, 0.3) is 11.1 Å². The maximum atomic E-state index is 14.0. The molecule has 3 rings (SSSR count). The Hall–Kier alpha value is -1.87. The minimum Gasteiger partial charge on any atom is -0.490 e. The molecule has 2 aromatic rings. The van der Waals surface area contributed by atoms with Crippen LogP contribution < -0.4 is 10.5 Å². The summed E-state index contributed by atoms with van der Waals surface area (Å²) < 4.78 is 19.7. The van der Waals surface area contributed by atoms with E-state index >= 15 is 0 Å². The molecule has 0 saturated heterocycles. The first-order valence-electron chi connectivity index (χ1n) is 6.95. The van der Waals surface area contributed by atoms with E-state index < -0.39 is 0 Å². The second-order valence-electron chi connectivity index (χ2n) is 5.37. The van der Waals surface area contributed by atoms with Crippen molar-refractivity contribution in [3.8, 4) is 16.9 Å². The summed E-state index contributed by atoms with van der Waals surface area (Å²) in [7, 11) is 0. The number of ether oxygens (including phenoxy) is 1. The van der Waals surface area contributed by atoms with Gasteiger partial charge in [-0.1, -0.05) is 18.2 Å². The fourth-order valence-corrected chi connectivity index (χ4v) is 2.14. The molecule has 1 unspecified atom stereocenters. The van der Waals surface area contributed by atoms with Crippen LogP contribution in [0.5, 0.6) is 5.75 Å². The molecule has 0 aliphatic heterocycles. The summed E-state index contributed by atoms with van der Waals surface area (Å²) in [5.41, 5.74) is 8.21. The molecule has 0 amide bonds. The van der Waals surface area contributed by atoms with Crippen LogP contribution in [-0.2, 0) is 0 Å². The van der Waals surface area contributed by atoms with Gasteiger partial charge in [-0.3, -0.25) is 0 Å². The zero-order valence-corrected chi connectivity index (χ0v) is 11.5. The molecule has 2 nitrogen and oxygen atoms in total. The summed E-state index contributed by atoms with van der Waals surface area (Å²) in [6, 6.07) is 12.5. The maximum Gasteiger partial charge on any atom is 0.131 e. The Morgan fingerprint density at radius 2 is 1.85 bits per heavy atom. The number of hydrogen-bond acceptors (Lipinski definition) is 2. The van der Waals surface area contributed by atoms with Crippen LogP contribution in [0.15, 0.2) is 42.5 Å². The largest absolute Gasteiger partial charge is 0.490 e. The van der Waals surface area contributed by atoms with Crippen molar-refractivity contribution in [2.45, 2.75) is 31.9 Å². The summed E-state index contributed by atoms with van der Waals surface area (Å²) in [4.78, 5) is 0. The summed E-state index contributed by atoms with van der Waals surface area (Å²) in [5, 5.41) is 0. The van der Waals surface area contributed by atoms with Gasteiger partial charge in [0, 0.05) is 11.6 Å². The number of hydrogen-bond donors (Lipinski definition) is 1. The van der Waals surface area contributed by atoms with Gasteiger partial charge in [0.05, 0.1) is 6.10 Å². The molecule has 0 radical (unpaired) electrons. The summed E-state index contributed by atoms with van der Waals surface area (Å²) in [5.74, 6) is 0.616. The zero-order valence-electron chi connectivity index (χ0n) is 11.5. The predicted molar refractivity (Wildman–Crippen MR) is 78.1 cm³/mol. The van der Waals surface area contributed by atoms with Gasteiger partial charge >= 0.3 is 0 Å². The van der Waals surface area contributed by atoms with Crippen LogP contribution in [0, 0.1) is 5.82 Å². The molecule has 3 heteroatoms.